The van der Waals surface area contributed by atoms with Crippen molar-refractivity contribution in [2.45, 2.75) is 26.3 Å². The van der Waals surface area contributed by atoms with E-state index < -0.39 is 0 Å². The van der Waals surface area contributed by atoms with Crippen LogP contribution >= 0.6 is 0 Å². The number of rotatable bonds is 2. The second kappa shape index (κ2) is 6.93. The summed E-state index contributed by atoms with van der Waals surface area (Å²) in [7, 11) is 0. The lowest BCUT2D eigenvalue weighted by Gasteiger charge is -2.36. The lowest BCUT2D eigenvalue weighted by atomic mass is 9.91. The Morgan fingerprint density at radius 2 is 1.55 bits per heavy atom. The van der Waals surface area contributed by atoms with Crippen molar-refractivity contribution in [2.24, 2.45) is 0 Å². The monoisotopic (exact) mass is 380 g/mol. The Labute approximate surface area is 171 Å². The fourth-order valence-corrected chi connectivity index (χ4v) is 4.42. The normalized spacial score (nSPS) is 16.1. The summed E-state index contributed by atoms with van der Waals surface area (Å²) in [6, 6.07) is 24.8. The van der Waals surface area contributed by atoms with Gasteiger partial charge in [0.05, 0.1) is 6.04 Å². The molecule has 144 valence electrons. The van der Waals surface area contributed by atoms with Crippen LogP contribution in [0.4, 0.5) is 0 Å². The van der Waals surface area contributed by atoms with Crippen LogP contribution in [0.25, 0.3) is 10.9 Å². The summed E-state index contributed by atoms with van der Waals surface area (Å²) in [5.41, 5.74) is 7.88. The van der Waals surface area contributed by atoms with E-state index in [9.17, 15) is 4.79 Å². The minimum Gasteiger partial charge on any atom is -0.356 e. The zero-order valence-electron chi connectivity index (χ0n) is 16.8. The number of aromatic amines is 1. The second-order valence-electron chi connectivity index (χ2n) is 7.99. The highest BCUT2D eigenvalue weighted by Crippen LogP contribution is 2.39. The Kier molecular flexibility index (Phi) is 4.24. The maximum absolute atomic E-state index is 13.5. The molecule has 0 spiro atoms. The van der Waals surface area contributed by atoms with Gasteiger partial charge in [0.15, 0.2) is 0 Å². The number of aromatic nitrogens is 1. The molecule has 1 aromatic heterocycles. The molecule has 0 fully saturated rings. The zero-order chi connectivity index (χ0) is 20.0. The van der Waals surface area contributed by atoms with Crippen molar-refractivity contribution in [1.82, 2.24) is 9.88 Å². The molecule has 0 saturated heterocycles. The molecule has 1 aliphatic rings. The highest BCUT2D eigenvalue weighted by molar-refractivity contribution is 5.95. The van der Waals surface area contributed by atoms with Crippen molar-refractivity contribution in [3.8, 4) is 0 Å². The molecule has 1 N–H and O–H groups in total. The lowest BCUT2D eigenvalue weighted by Crippen LogP contribution is -2.40. The third-order valence-corrected chi connectivity index (χ3v) is 5.99. The van der Waals surface area contributed by atoms with Gasteiger partial charge in [0.25, 0.3) is 5.91 Å². The molecule has 1 amide bonds. The van der Waals surface area contributed by atoms with E-state index in [4.69, 9.17) is 0 Å². The molecular formula is C26H24N2O. The number of nitrogens with one attached hydrogen (secondary N) is 1. The lowest BCUT2D eigenvalue weighted by molar-refractivity contribution is 0.0692. The van der Waals surface area contributed by atoms with E-state index in [1.54, 1.807) is 0 Å². The van der Waals surface area contributed by atoms with Crippen molar-refractivity contribution in [3.63, 3.8) is 0 Å². The molecule has 5 rings (SSSR count). The molecular weight excluding hydrogens is 356 g/mol. The molecule has 0 aliphatic carbocycles. The molecule has 1 aliphatic heterocycles. The van der Waals surface area contributed by atoms with Gasteiger partial charge in [0.1, 0.15) is 0 Å². The number of carbonyl (C=O) groups excluding carboxylic acids is 1. The first-order valence-corrected chi connectivity index (χ1v) is 10.2. The molecule has 3 aromatic carbocycles. The van der Waals surface area contributed by atoms with Gasteiger partial charge in [-0.1, -0.05) is 65.7 Å². The molecule has 1 unspecified atom stereocenters. The SMILES string of the molecule is Cc1ccc(C(=O)N2CCc3c([nH]c4ccccc34)C2c2ccc(C)cc2)cc1. The summed E-state index contributed by atoms with van der Waals surface area (Å²) in [6.07, 6.45) is 0.860. The molecule has 29 heavy (non-hydrogen) atoms. The third kappa shape index (κ3) is 3.03. The Balaban J connectivity index is 1.65. The first kappa shape index (κ1) is 17.7. The Hall–Kier alpha value is -3.33. The fourth-order valence-electron chi connectivity index (χ4n) is 4.42. The molecule has 3 nitrogen and oxygen atoms in total. The van der Waals surface area contributed by atoms with Crippen LogP contribution in [-0.4, -0.2) is 22.3 Å². The fraction of sp³-hybridized carbons (Fsp3) is 0.192. The van der Waals surface area contributed by atoms with Crippen LogP contribution in [0.15, 0.2) is 72.8 Å². The summed E-state index contributed by atoms with van der Waals surface area (Å²) in [5.74, 6) is 0.0832. The molecule has 0 saturated carbocycles. The quantitative estimate of drug-likeness (QED) is 0.485. The summed E-state index contributed by atoms with van der Waals surface area (Å²) in [5, 5.41) is 1.27. The van der Waals surface area contributed by atoms with Gasteiger partial charge in [-0.05, 0) is 49.6 Å². The number of benzene rings is 3. The van der Waals surface area contributed by atoms with E-state index in [0.29, 0.717) is 6.54 Å². The van der Waals surface area contributed by atoms with Crippen LogP contribution in [-0.2, 0) is 6.42 Å². The standard InChI is InChI=1S/C26H24N2O/c1-17-7-11-19(12-8-17)25-24-22(21-5-3-4-6-23(21)27-24)15-16-28(25)26(29)20-13-9-18(2)10-14-20/h3-14,25,27H,15-16H2,1-2H3. The molecule has 2 heterocycles. The van der Waals surface area contributed by atoms with Gasteiger partial charge >= 0.3 is 0 Å². The van der Waals surface area contributed by atoms with E-state index in [-0.39, 0.29) is 11.9 Å². The highest BCUT2D eigenvalue weighted by atomic mass is 16.2. The number of para-hydroxylation sites is 1. The summed E-state index contributed by atoms with van der Waals surface area (Å²) in [4.78, 5) is 19.2. The number of aryl methyl sites for hydroxylation is 2. The predicted molar refractivity (Wildman–Crippen MR) is 117 cm³/mol. The molecule has 3 heteroatoms. The second-order valence-corrected chi connectivity index (χ2v) is 7.99. The van der Waals surface area contributed by atoms with Crippen LogP contribution in [0.3, 0.4) is 0 Å². The molecule has 0 bridgehead atoms. The third-order valence-electron chi connectivity index (χ3n) is 5.99. The molecule has 4 aromatic rings. The number of nitrogens with zero attached hydrogens (tertiary/aromatic N) is 1. The number of hydrogen-bond acceptors (Lipinski definition) is 1. The summed E-state index contributed by atoms with van der Waals surface area (Å²) >= 11 is 0. The number of carbonyl (C=O) groups is 1. The van der Waals surface area contributed by atoms with Crippen molar-refractivity contribution >= 4 is 16.8 Å². The predicted octanol–water partition coefficient (Wildman–Crippen LogP) is 5.57. The van der Waals surface area contributed by atoms with Crippen LogP contribution in [0.5, 0.6) is 0 Å². The number of hydrogen-bond donors (Lipinski definition) is 1. The van der Waals surface area contributed by atoms with Gasteiger partial charge in [-0.2, -0.15) is 0 Å². The Bertz CT molecular complexity index is 1190. The number of fused-ring (bicyclic) bond motifs is 3. The van der Waals surface area contributed by atoms with Gasteiger partial charge in [-0.3, -0.25) is 4.79 Å². The van der Waals surface area contributed by atoms with E-state index in [1.165, 1.54) is 16.5 Å². The zero-order valence-corrected chi connectivity index (χ0v) is 16.8. The Morgan fingerprint density at radius 3 is 2.28 bits per heavy atom. The maximum atomic E-state index is 13.5. The van der Waals surface area contributed by atoms with E-state index in [0.717, 1.165) is 34.3 Å². The van der Waals surface area contributed by atoms with Crippen molar-refractivity contribution in [3.05, 3.63) is 106 Å². The first-order valence-electron chi connectivity index (χ1n) is 10.2. The summed E-state index contributed by atoms with van der Waals surface area (Å²) in [6.45, 7) is 4.84. The van der Waals surface area contributed by atoms with Gasteiger partial charge in [0.2, 0.25) is 0 Å². The van der Waals surface area contributed by atoms with Crippen LogP contribution in [0.2, 0.25) is 0 Å². The first-order chi connectivity index (χ1) is 14.1. The van der Waals surface area contributed by atoms with Gasteiger partial charge in [-0.15, -0.1) is 0 Å². The van der Waals surface area contributed by atoms with Crippen LogP contribution in [0, 0.1) is 13.8 Å². The minimum atomic E-state index is -0.111. The van der Waals surface area contributed by atoms with Gasteiger partial charge in [0, 0.05) is 28.7 Å². The van der Waals surface area contributed by atoms with Crippen LogP contribution in [0.1, 0.15) is 44.3 Å². The Morgan fingerprint density at radius 1 is 0.897 bits per heavy atom. The topological polar surface area (TPSA) is 36.1 Å². The molecule has 0 radical (unpaired) electrons. The molecule has 1 atom stereocenters. The van der Waals surface area contributed by atoms with Crippen LogP contribution < -0.4 is 0 Å². The van der Waals surface area contributed by atoms with Crippen molar-refractivity contribution in [1.29, 1.82) is 0 Å². The summed E-state index contributed by atoms with van der Waals surface area (Å²) < 4.78 is 0. The highest BCUT2D eigenvalue weighted by Gasteiger charge is 2.34. The van der Waals surface area contributed by atoms with Gasteiger partial charge in [-0.25, -0.2) is 0 Å². The van der Waals surface area contributed by atoms with E-state index in [1.807, 2.05) is 36.1 Å². The van der Waals surface area contributed by atoms with Gasteiger partial charge < -0.3 is 9.88 Å². The van der Waals surface area contributed by atoms with E-state index >= 15 is 0 Å². The average Bonchev–Trinajstić information content (AvgIpc) is 3.12. The van der Waals surface area contributed by atoms with Crippen molar-refractivity contribution in [2.75, 3.05) is 6.54 Å². The van der Waals surface area contributed by atoms with E-state index in [2.05, 4.69) is 60.4 Å². The maximum Gasteiger partial charge on any atom is 0.254 e. The number of H-pyrrole nitrogens is 1. The average molecular weight is 380 g/mol. The smallest absolute Gasteiger partial charge is 0.254 e. The minimum absolute atomic E-state index is 0.0832. The van der Waals surface area contributed by atoms with Crippen molar-refractivity contribution < 1.29 is 4.79 Å². The number of amides is 1. The largest absolute Gasteiger partial charge is 0.356 e.